The van der Waals surface area contributed by atoms with Gasteiger partial charge >= 0.3 is 0 Å². The Hall–Kier alpha value is -2.50. The lowest BCUT2D eigenvalue weighted by Crippen LogP contribution is -2.25. The summed E-state index contributed by atoms with van der Waals surface area (Å²) in [7, 11) is -4.01. The monoisotopic (exact) mass is 402 g/mol. The van der Waals surface area contributed by atoms with Crippen molar-refractivity contribution < 1.29 is 32.2 Å². The Morgan fingerprint density at radius 1 is 1.35 bits per heavy atom. The molecule has 2 amide bonds. The zero-order valence-electron chi connectivity index (χ0n) is 13.4. The van der Waals surface area contributed by atoms with Crippen molar-refractivity contribution >= 4 is 38.0 Å². The molecule has 2 aromatic rings. The number of aliphatic hydroxyl groups excluding tert-OH is 1. The van der Waals surface area contributed by atoms with E-state index in [4.69, 9.17) is 5.73 Å². The van der Waals surface area contributed by atoms with Gasteiger partial charge in [-0.15, -0.1) is 11.3 Å². The number of nitrogens with one attached hydrogen (secondary N) is 1. The van der Waals surface area contributed by atoms with E-state index in [2.05, 4.69) is 10.1 Å². The first-order valence-corrected chi connectivity index (χ1v) is 9.43. The third-order valence-corrected chi connectivity index (χ3v) is 6.50. The first kappa shape index (κ1) is 19.8. The van der Waals surface area contributed by atoms with E-state index in [9.17, 15) is 27.5 Å². The molecule has 0 radical (unpaired) electrons. The summed E-state index contributed by atoms with van der Waals surface area (Å²) in [5, 5.41) is 11.4. The van der Waals surface area contributed by atoms with E-state index in [0.29, 0.717) is 11.3 Å². The molecule has 1 heterocycles. The van der Waals surface area contributed by atoms with Gasteiger partial charge in [-0.1, -0.05) is 0 Å². The molecule has 0 fully saturated rings. The van der Waals surface area contributed by atoms with Crippen molar-refractivity contribution in [2.24, 2.45) is 5.73 Å². The molecule has 11 heteroatoms. The minimum absolute atomic E-state index is 0.0839. The van der Waals surface area contributed by atoms with Crippen molar-refractivity contribution in [2.75, 3.05) is 12.2 Å². The molecule has 0 aliphatic heterocycles. The fraction of sp³-hybridized carbons (Fsp3) is 0.200. The number of anilines is 1. The number of hydrogen-bond donors (Lipinski definition) is 3. The second kappa shape index (κ2) is 7.81. The Bertz CT molecular complexity index is 922. The van der Waals surface area contributed by atoms with Gasteiger partial charge in [0.1, 0.15) is 21.1 Å². The van der Waals surface area contributed by atoms with Crippen molar-refractivity contribution in [3.63, 3.8) is 0 Å². The number of carbonyl (C=O) groups is 2. The Morgan fingerprint density at radius 2 is 1.96 bits per heavy atom. The van der Waals surface area contributed by atoms with E-state index in [1.807, 2.05) is 0 Å². The van der Waals surface area contributed by atoms with Gasteiger partial charge in [0.05, 0.1) is 10.5 Å². The minimum atomic E-state index is -4.01. The number of amides is 2. The summed E-state index contributed by atoms with van der Waals surface area (Å²) < 4.78 is 41.9. The number of benzene rings is 1. The number of rotatable bonds is 7. The molecule has 4 N–H and O–H groups in total. The van der Waals surface area contributed by atoms with E-state index in [1.165, 1.54) is 31.2 Å². The van der Waals surface area contributed by atoms with Crippen LogP contribution in [0.25, 0.3) is 0 Å². The molecule has 0 aliphatic carbocycles. The van der Waals surface area contributed by atoms with Crippen molar-refractivity contribution in [2.45, 2.75) is 22.1 Å². The van der Waals surface area contributed by atoms with Gasteiger partial charge in [-0.2, -0.15) is 0 Å². The lowest BCUT2D eigenvalue weighted by Gasteiger charge is -2.06. The number of sulfone groups is 1. The third kappa shape index (κ3) is 4.18. The number of alkyl halides is 1. The standard InChI is InChI=1S/C15H15FN2O6S2/c1-8(19)14(21)18-15-11(13(17)20)6-12(25-15)26(22,23)10-4-2-9(3-5-10)24-7-16/h2-6,8,19H,7H2,1H3,(H2,17,20)(H,18,21)/t8-/m0/s1. The highest BCUT2D eigenvalue weighted by Gasteiger charge is 2.26. The minimum Gasteiger partial charge on any atom is -0.463 e. The molecule has 0 spiro atoms. The molecule has 1 atom stereocenters. The predicted octanol–water partition coefficient (Wildman–Crippen LogP) is 1.30. The summed E-state index contributed by atoms with van der Waals surface area (Å²) in [6, 6.07) is 6.05. The quantitative estimate of drug-likeness (QED) is 0.639. The molecule has 0 bridgehead atoms. The summed E-state index contributed by atoms with van der Waals surface area (Å²) in [5.74, 6) is -1.60. The van der Waals surface area contributed by atoms with Crippen LogP contribution in [0.15, 0.2) is 39.4 Å². The van der Waals surface area contributed by atoms with Gasteiger partial charge in [-0.3, -0.25) is 9.59 Å². The molecule has 140 valence electrons. The normalized spacial score (nSPS) is 12.4. The number of carbonyl (C=O) groups excluding carboxylic acids is 2. The van der Waals surface area contributed by atoms with Crippen LogP contribution >= 0.6 is 11.3 Å². The highest BCUT2D eigenvalue weighted by molar-refractivity contribution is 7.93. The summed E-state index contributed by atoms with van der Waals surface area (Å²) in [6.07, 6.45) is -1.36. The molecule has 2 rings (SSSR count). The highest BCUT2D eigenvalue weighted by Crippen LogP contribution is 2.35. The molecule has 1 aromatic heterocycles. The van der Waals surface area contributed by atoms with E-state index in [0.717, 1.165) is 6.07 Å². The van der Waals surface area contributed by atoms with Crippen LogP contribution < -0.4 is 15.8 Å². The molecule has 1 aromatic carbocycles. The van der Waals surface area contributed by atoms with Gasteiger partial charge in [0.25, 0.3) is 11.8 Å². The smallest absolute Gasteiger partial charge is 0.253 e. The summed E-state index contributed by atoms with van der Waals surface area (Å²) in [4.78, 5) is 23.0. The summed E-state index contributed by atoms with van der Waals surface area (Å²) in [6.45, 7) is 0.164. The molecule has 0 saturated heterocycles. The van der Waals surface area contributed by atoms with Gasteiger partial charge in [-0.25, -0.2) is 12.8 Å². The Labute approximate surface area is 152 Å². The van der Waals surface area contributed by atoms with Crippen LogP contribution in [0.4, 0.5) is 9.39 Å². The largest absolute Gasteiger partial charge is 0.463 e. The number of nitrogens with two attached hydrogens (primary N) is 1. The number of aliphatic hydroxyl groups is 1. The van der Waals surface area contributed by atoms with Crippen molar-refractivity contribution in [3.8, 4) is 5.75 Å². The van der Waals surface area contributed by atoms with Crippen LogP contribution in [0.1, 0.15) is 17.3 Å². The lowest BCUT2D eigenvalue weighted by molar-refractivity contribution is -0.123. The maximum Gasteiger partial charge on any atom is 0.253 e. The lowest BCUT2D eigenvalue weighted by atomic mass is 10.3. The molecule has 0 unspecified atom stereocenters. The van der Waals surface area contributed by atoms with Crippen LogP contribution in [0, 0.1) is 0 Å². The number of thiophene rings is 1. The first-order chi connectivity index (χ1) is 12.2. The zero-order chi connectivity index (χ0) is 19.5. The maximum absolute atomic E-state index is 12.7. The zero-order valence-corrected chi connectivity index (χ0v) is 15.1. The SMILES string of the molecule is C[C@H](O)C(=O)Nc1sc(S(=O)(=O)c2ccc(OCF)cc2)cc1C(N)=O. The number of ether oxygens (including phenoxy) is 1. The second-order valence-electron chi connectivity index (χ2n) is 5.07. The van der Waals surface area contributed by atoms with Gasteiger partial charge in [0, 0.05) is 0 Å². The van der Waals surface area contributed by atoms with Gasteiger partial charge in [0.15, 0.2) is 0 Å². The molecular formula is C15H15FN2O6S2. The average Bonchev–Trinajstić information content (AvgIpc) is 3.00. The van der Waals surface area contributed by atoms with Crippen LogP contribution in [-0.4, -0.2) is 38.3 Å². The maximum atomic E-state index is 12.7. The molecular weight excluding hydrogens is 387 g/mol. The number of halogens is 1. The van der Waals surface area contributed by atoms with E-state index < -0.39 is 34.6 Å². The van der Waals surface area contributed by atoms with Crippen LogP contribution in [0.3, 0.4) is 0 Å². The van der Waals surface area contributed by atoms with Crippen molar-refractivity contribution in [1.29, 1.82) is 0 Å². The molecule has 0 aliphatic rings. The number of hydrogen-bond acceptors (Lipinski definition) is 7. The second-order valence-corrected chi connectivity index (χ2v) is 8.29. The number of primary amides is 1. The van der Waals surface area contributed by atoms with Crippen LogP contribution in [0.5, 0.6) is 5.75 Å². The van der Waals surface area contributed by atoms with Crippen LogP contribution in [0.2, 0.25) is 0 Å². The molecule has 26 heavy (non-hydrogen) atoms. The summed E-state index contributed by atoms with van der Waals surface area (Å²) in [5.41, 5.74) is 5.03. The third-order valence-electron chi connectivity index (χ3n) is 3.21. The van der Waals surface area contributed by atoms with E-state index >= 15 is 0 Å². The van der Waals surface area contributed by atoms with Gasteiger partial charge in [0.2, 0.25) is 16.7 Å². The molecule has 8 nitrogen and oxygen atoms in total. The van der Waals surface area contributed by atoms with E-state index in [-0.39, 0.29) is 25.4 Å². The van der Waals surface area contributed by atoms with Crippen LogP contribution in [-0.2, 0) is 14.6 Å². The predicted molar refractivity (Wildman–Crippen MR) is 91.6 cm³/mol. The Morgan fingerprint density at radius 3 is 2.46 bits per heavy atom. The first-order valence-electron chi connectivity index (χ1n) is 7.13. The van der Waals surface area contributed by atoms with E-state index in [1.54, 1.807) is 0 Å². The highest BCUT2D eigenvalue weighted by atomic mass is 32.2. The fourth-order valence-electron chi connectivity index (χ4n) is 1.89. The average molecular weight is 402 g/mol. The topological polar surface area (TPSA) is 136 Å². The Kier molecular flexibility index (Phi) is 5.95. The van der Waals surface area contributed by atoms with Gasteiger partial charge < -0.3 is 20.9 Å². The van der Waals surface area contributed by atoms with Gasteiger partial charge in [-0.05, 0) is 37.3 Å². The van der Waals surface area contributed by atoms with Crippen molar-refractivity contribution in [1.82, 2.24) is 0 Å². The Balaban J connectivity index is 2.43. The molecule has 0 saturated carbocycles. The van der Waals surface area contributed by atoms with Crippen molar-refractivity contribution in [3.05, 3.63) is 35.9 Å². The fourth-order valence-corrected chi connectivity index (χ4v) is 4.66. The summed E-state index contributed by atoms with van der Waals surface area (Å²) >= 11 is 0.627.